The van der Waals surface area contributed by atoms with Crippen LogP contribution in [0, 0.1) is 11.3 Å². The number of ether oxygens (including phenoxy) is 1. The first kappa shape index (κ1) is 11.2. The van der Waals surface area contributed by atoms with Crippen molar-refractivity contribution in [2.45, 2.75) is 40.0 Å². The minimum atomic E-state index is -0.271. The van der Waals surface area contributed by atoms with Crippen LogP contribution < -0.4 is 0 Å². The van der Waals surface area contributed by atoms with Gasteiger partial charge in [-0.25, -0.2) is 0 Å². The van der Waals surface area contributed by atoms with Gasteiger partial charge >= 0.3 is 5.97 Å². The minimum absolute atomic E-state index is 0.255. The summed E-state index contributed by atoms with van der Waals surface area (Å²) in [5, 5.41) is 0. The van der Waals surface area contributed by atoms with E-state index in [1.54, 1.807) is 0 Å². The predicted octanol–water partition coefficient (Wildman–Crippen LogP) is 1.94. The summed E-state index contributed by atoms with van der Waals surface area (Å²) in [5.41, 5.74) is -0.255. The third-order valence-corrected chi connectivity index (χ3v) is 2.97. The van der Waals surface area contributed by atoms with Crippen LogP contribution in [0.25, 0.3) is 0 Å². The SMILES string of the molecule is CC(=O)OCCC1(C)CC(C)CC1=O. The quantitative estimate of drug-likeness (QED) is 0.651. The molecular weight excluding hydrogens is 180 g/mol. The Hall–Kier alpha value is -0.860. The normalized spacial score (nSPS) is 31.9. The Morgan fingerprint density at radius 2 is 2.29 bits per heavy atom. The Bertz CT molecular complexity index is 247. The standard InChI is InChI=1S/C11H18O3/c1-8-6-10(13)11(3,7-8)4-5-14-9(2)12/h8H,4-7H2,1-3H3. The van der Waals surface area contributed by atoms with E-state index in [4.69, 9.17) is 4.74 Å². The highest BCUT2D eigenvalue weighted by Crippen LogP contribution is 2.40. The van der Waals surface area contributed by atoms with Gasteiger partial charge < -0.3 is 4.74 Å². The van der Waals surface area contributed by atoms with E-state index in [0.29, 0.717) is 31.1 Å². The number of ketones is 1. The molecule has 0 radical (unpaired) electrons. The lowest BCUT2D eigenvalue weighted by molar-refractivity contribution is -0.142. The Balaban J connectivity index is 2.42. The van der Waals surface area contributed by atoms with E-state index in [1.807, 2.05) is 6.92 Å². The van der Waals surface area contributed by atoms with Crippen LogP contribution in [-0.4, -0.2) is 18.4 Å². The zero-order chi connectivity index (χ0) is 10.8. The molecule has 0 heterocycles. The molecule has 0 N–H and O–H groups in total. The van der Waals surface area contributed by atoms with Gasteiger partial charge in [0.05, 0.1) is 6.61 Å². The second-order valence-electron chi connectivity index (χ2n) is 4.59. The molecule has 0 aliphatic heterocycles. The van der Waals surface area contributed by atoms with Crippen molar-refractivity contribution in [3.8, 4) is 0 Å². The van der Waals surface area contributed by atoms with E-state index >= 15 is 0 Å². The Kier molecular flexibility index (Phi) is 3.29. The van der Waals surface area contributed by atoms with Gasteiger partial charge in [0, 0.05) is 18.8 Å². The molecule has 0 saturated heterocycles. The number of esters is 1. The second kappa shape index (κ2) is 4.11. The van der Waals surface area contributed by atoms with Crippen molar-refractivity contribution in [2.24, 2.45) is 11.3 Å². The molecule has 14 heavy (non-hydrogen) atoms. The van der Waals surface area contributed by atoms with Gasteiger partial charge in [0.15, 0.2) is 0 Å². The summed E-state index contributed by atoms with van der Waals surface area (Å²) in [6, 6.07) is 0. The molecule has 0 amide bonds. The van der Waals surface area contributed by atoms with Crippen LogP contribution in [0.15, 0.2) is 0 Å². The summed E-state index contributed by atoms with van der Waals surface area (Å²) in [5.74, 6) is 0.522. The highest BCUT2D eigenvalue weighted by molar-refractivity contribution is 5.86. The molecule has 3 heteroatoms. The molecule has 0 aromatic heterocycles. The summed E-state index contributed by atoms with van der Waals surface area (Å²) in [6.45, 7) is 5.82. The molecule has 2 unspecified atom stereocenters. The number of hydrogen-bond donors (Lipinski definition) is 0. The van der Waals surface area contributed by atoms with Gasteiger partial charge in [-0.2, -0.15) is 0 Å². The maximum absolute atomic E-state index is 11.6. The molecule has 1 saturated carbocycles. The van der Waals surface area contributed by atoms with Gasteiger partial charge in [-0.3, -0.25) is 9.59 Å². The molecule has 1 aliphatic carbocycles. The Morgan fingerprint density at radius 1 is 1.64 bits per heavy atom. The fourth-order valence-corrected chi connectivity index (χ4v) is 2.18. The number of Topliss-reactive ketones (excluding diaryl/α,β-unsaturated/α-hetero) is 1. The van der Waals surface area contributed by atoms with Crippen molar-refractivity contribution >= 4 is 11.8 Å². The highest BCUT2D eigenvalue weighted by Gasteiger charge is 2.40. The van der Waals surface area contributed by atoms with Crippen molar-refractivity contribution in [1.82, 2.24) is 0 Å². The summed E-state index contributed by atoms with van der Waals surface area (Å²) >= 11 is 0. The van der Waals surface area contributed by atoms with Crippen LogP contribution in [0.4, 0.5) is 0 Å². The van der Waals surface area contributed by atoms with Gasteiger partial charge in [0.25, 0.3) is 0 Å². The highest BCUT2D eigenvalue weighted by atomic mass is 16.5. The van der Waals surface area contributed by atoms with E-state index in [9.17, 15) is 9.59 Å². The first-order valence-corrected chi connectivity index (χ1v) is 5.11. The summed E-state index contributed by atoms with van der Waals surface area (Å²) in [4.78, 5) is 22.2. The minimum Gasteiger partial charge on any atom is -0.466 e. The van der Waals surface area contributed by atoms with E-state index in [2.05, 4.69) is 6.92 Å². The molecule has 80 valence electrons. The van der Waals surface area contributed by atoms with Crippen LogP contribution in [0.1, 0.15) is 40.0 Å². The molecule has 0 bridgehead atoms. The van der Waals surface area contributed by atoms with Crippen LogP contribution >= 0.6 is 0 Å². The average molecular weight is 198 g/mol. The van der Waals surface area contributed by atoms with Crippen molar-refractivity contribution in [1.29, 1.82) is 0 Å². The Morgan fingerprint density at radius 3 is 2.71 bits per heavy atom. The van der Waals surface area contributed by atoms with Gasteiger partial charge in [0.2, 0.25) is 0 Å². The van der Waals surface area contributed by atoms with Crippen molar-refractivity contribution in [3.05, 3.63) is 0 Å². The third kappa shape index (κ3) is 2.56. The molecule has 1 fully saturated rings. The number of hydrogen-bond acceptors (Lipinski definition) is 3. The molecule has 0 spiro atoms. The van der Waals surface area contributed by atoms with Gasteiger partial charge in [0.1, 0.15) is 5.78 Å². The maximum Gasteiger partial charge on any atom is 0.302 e. The molecule has 2 atom stereocenters. The smallest absolute Gasteiger partial charge is 0.302 e. The van der Waals surface area contributed by atoms with Crippen LogP contribution in [-0.2, 0) is 14.3 Å². The molecule has 1 rings (SSSR count). The third-order valence-electron chi connectivity index (χ3n) is 2.97. The van der Waals surface area contributed by atoms with E-state index < -0.39 is 0 Å². The maximum atomic E-state index is 11.6. The van der Waals surface area contributed by atoms with E-state index in [0.717, 1.165) is 6.42 Å². The van der Waals surface area contributed by atoms with Crippen LogP contribution in [0.5, 0.6) is 0 Å². The summed E-state index contributed by atoms with van der Waals surface area (Å²) < 4.78 is 4.86. The molecular formula is C11H18O3. The molecule has 3 nitrogen and oxygen atoms in total. The first-order chi connectivity index (χ1) is 6.44. The monoisotopic (exact) mass is 198 g/mol. The fourth-order valence-electron chi connectivity index (χ4n) is 2.18. The van der Waals surface area contributed by atoms with Gasteiger partial charge in [-0.15, -0.1) is 0 Å². The zero-order valence-corrected chi connectivity index (χ0v) is 9.13. The average Bonchev–Trinajstić information content (AvgIpc) is 2.25. The predicted molar refractivity (Wildman–Crippen MR) is 52.8 cm³/mol. The van der Waals surface area contributed by atoms with Crippen molar-refractivity contribution < 1.29 is 14.3 Å². The number of carbonyl (C=O) groups is 2. The summed E-state index contributed by atoms with van der Waals surface area (Å²) in [7, 11) is 0. The fraction of sp³-hybridized carbons (Fsp3) is 0.818. The molecule has 0 aromatic rings. The number of rotatable bonds is 3. The molecule has 0 aromatic carbocycles. The lowest BCUT2D eigenvalue weighted by Crippen LogP contribution is -2.24. The summed E-state index contributed by atoms with van der Waals surface area (Å²) in [6.07, 6.45) is 2.26. The van der Waals surface area contributed by atoms with Crippen molar-refractivity contribution in [2.75, 3.05) is 6.61 Å². The van der Waals surface area contributed by atoms with Crippen molar-refractivity contribution in [3.63, 3.8) is 0 Å². The van der Waals surface area contributed by atoms with E-state index in [1.165, 1.54) is 6.92 Å². The Labute approximate surface area is 84.8 Å². The van der Waals surface area contributed by atoms with Crippen LogP contribution in [0.2, 0.25) is 0 Å². The molecule has 1 aliphatic rings. The lowest BCUT2D eigenvalue weighted by Gasteiger charge is -2.21. The lowest BCUT2D eigenvalue weighted by atomic mass is 9.84. The topological polar surface area (TPSA) is 43.4 Å². The zero-order valence-electron chi connectivity index (χ0n) is 9.13. The first-order valence-electron chi connectivity index (χ1n) is 5.11. The van der Waals surface area contributed by atoms with Crippen LogP contribution in [0.3, 0.4) is 0 Å². The largest absolute Gasteiger partial charge is 0.466 e. The van der Waals surface area contributed by atoms with E-state index in [-0.39, 0.29) is 11.4 Å². The number of carbonyl (C=O) groups excluding carboxylic acids is 2. The van der Waals surface area contributed by atoms with Gasteiger partial charge in [-0.05, 0) is 18.8 Å². The van der Waals surface area contributed by atoms with Gasteiger partial charge in [-0.1, -0.05) is 13.8 Å². The second-order valence-corrected chi connectivity index (χ2v) is 4.59.